The highest BCUT2D eigenvalue weighted by atomic mass is 35.5. The second-order valence-corrected chi connectivity index (χ2v) is 11.3. The lowest BCUT2D eigenvalue weighted by Crippen LogP contribution is -2.21. The Labute approximate surface area is 209 Å². The molecule has 0 aliphatic heterocycles. The Bertz CT molecular complexity index is 1930. The molecule has 13 heteroatoms. The summed E-state index contributed by atoms with van der Waals surface area (Å²) in [4.78, 5) is 24.4. The molecular formula is C23H15ClN2O8S2. The standard InChI is InChI=1S/C23H15ClN2O8S2/c1-26-17-7-6-15(25-16-9-14(24)18(35(29,30)31)10-19(16)36(32,33)34)22-21(17)13(8-20(26)27)11-4-2-3-5-12(11)23(22)28/h2-10,25H,1H3,(H,29,30,31)(H,32,33,34). The number of aromatic nitrogens is 1. The molecule has 0 radical (unpaired) electrons. The third kappa shape index (κ3) is 3.70. The zero-order valence-corrected chi connectivity index (χ0v) is 20.6. The number of hydrogen-bond acceptors (Lipinski definition) is 7. The normalized spacial score (nSPS) is 13.1. The number of ketones is 1. The number of halogens is 1. The van der Waals surface area contributed by atoms with E-state index in [-0.39, 0.29) is 22.5 Å². The average Bonchev–Trinajstić information content (AvgIpc) is 2.78. The summed E-state index contributed by atoms with van der Waals surface area (Å²) in [5.74, 6) is -0.404. The molecule has 1 aliphatic rings. The number of pyridine rings is 1. The van der Waals surface area contributed by atoms with Gasteiger partial charge in [0.2, 0.25) is 0 Å². The Morgan fingerprint density at radius 3 is 2.08 bits per heavy atom. The molecule has 10 nitrogen and oxygen atoms in total. The van der Waals surface area contributed by atoms with Gasteiger partial charge in [0.25, 0.3) is 25.8 Å². The molecule has 0 saturated heterocycles. The van der Waals surface area contributed by atoms with E-state index in [1.165, 1.54) is 16.7 Å². The molecule has 0 atom stereocenters. The number of carbonyl (C=O) groups is 1. The molecule has 184 valence electrons. The Morgan fingerprint density at radius 2 is 1.44 bits per heavy atom. The smallest absolute Gasteiger partial charge is 0.296 e. The number of fused-ring (bicyclic) bond motifs is 2. The largest absolute Gasteiger partial charge is 0.354 e. The van der Waals surface area contributed by atoms with Crippen molar-refractivity contribution in [3.63, 3.8) is 0 Å². The van der Waals surface area contributed by atoms with E-state index in [4.69, 9.17) is 11.6 Å². The van der Waals surface area contributed by atoms with Crippen LogP contribution >= 0.6 is 11.6 Å². The maximum atomic E-state index is 13.6. The number of rotatable bonds is 4. The summed E-state index contributed by atoms with van der Waals surface area (Å²) in [5.41, 5.74) is 1.46. The first kappa shape index (κ1) is 24.2. The highest BCUT2D eigenvalue weighted by Gasteiger charge is 2.30. The van der Waals surface area contributed by atoms with E-state index in [1.807, 2.05) is 0 Å². The molecular weight excluding hydrogens is 532 g/mol. The van der Waals surface area contributed by atoms with Gasteiger partial charge in [0, 0.05) is 24.1 Å². The first-order chi connectivity index (χ1) is 16.8. The lowest BCUT2D eigenvalue weighted by atomic mass is 9.83. The Morgan fingerprint density at radius 1 is 0.806 bits per heavy atom. The third-order valence-corrected chi connectivity index (χ3v) is 8.17. The van der Waals surface area contributed by atoms with Gasteiger partial charge >= 0.3 is 0 Å². The molecule has 3 aromatic carbocycles. The molecule has 4 aromatic rings. The van der Waals surface area contributed by atoms with Crippen LogP contribution in [0.25, 0.3) is 22.0 Å². The van der Waals surface area contributed by atoms with Gasteiger partial charge in [-0.2, -0.15) is 16.8 Å². The van der Waals surface area contributed by atoms with Gasteiger partial charge in [-0.05, 0) is 35.4 Å². The number of carbonyl (C=O) groups excluding carboxylic acids is 1. The Balaban J connectivity index is 1.83. The number of anilines is 2. The Hall–Kier alpha value is -3.55. The molecule has 0 saturated carbocycles. The van der Waals surface area contributed by atoms with E-state index in [0.717, 1.165) is 6.07 Å². The monoisotopic (exact) mass is 546 g/mol. The molecule has 5 rings (SSSR count). The summed E-state index contributed by atoms with van der Waals surface area (Å²) < 4.78 is 67.8. The predicted octanol–water partition coefficient (Wildman–Crippen LogP) is 3.64. The summed E-state index contributed by atoms with van der Waals surface area (Å²) in [5, 5.41) is 2.68. The van der Waals surface area contributed by atoms with Crippen LogP contribution in [0.1, 0.15) is 15.9 Å². The zero-order chi connectivity index (χ0) is 26.2. The summed E-state index contributed by atoms with van der Waals surface area (Å²) in [7, 11) is -8.38. The first-order valence-electron chi connectivity index (χ1n) is 10.2. The lowest BCUT2D eigenvalue weighted by Gasteiger charge is -2.24. The molecule has 0 amide bonds. The quantitative estimate of drug-likeness (QED) is 0.286. The van der Waals surface area contributed by atoms with Crippen molar-refractivity contribution < 1.29 is 30.7 Å². The molecule has 0 fully saturated rings. The Kier molecular flexibility index (Phi) is 5.36. The van der Waals surface area contributed by atoms with Crippen LogP contribution in [0.5, 0.6) is 0 Å². The summed E-state index contributed by atoms with van der Waals surface area (Å²) in [6.45, 7) is 0. The minimum atomic E-state index is -5.01. The van der Waals surface area contributed by atoms with Crippen molar-refractivity contribution in [1.82, 2.24) is 4.57 Å². The zero-order valence-electron chi connectivity index (χ0n) is 18.2. The van der Waals surface area contributed by atoms with Crippen LogP contribution in [0.3, 0.4) is 0 Å². The lowest BCUT2D eigenvalue weighted by molar-refractivity contribution is 0.104. The summed E-state index contributed by atoms with van der Waals surface area (Å²) in [6, 6.07) is 12.5. The topological polar surface area (TPSA) is 160 Å². The first-order valence-corrected chi connectivity index (χ1v) is 13.4. The molecule has 36 heavy (non-hydrogen) atoms. The number of nitrogens with zero attached hydrogens (tertiary/aromatic N) is 1. The molecule has 1 heterocycles. The fraction of sp³-hybridized carbons (Fsp3) is 0.0435. The molecule has 1 aromatic heterocycles. The molecule has 1 aliphatic carbocycles. The number of aryl methyl sites for hydroxylation is 1. The van der Waals surface area contributed by atoms with Crippen molar-refractivity contribution in [3.8, 4) is 11.1 Å². The maximum absolute atomic E-state index is 13.6. The molecule has 3 N–H and O–H groups in total. The van der Waals surface area contributed by atoms with E-state index in [0.29, 0.717) is 33.7 Å². The van der Waals surface area contributed by atoms with E-state index in [9.17, 15) is 35.5 Å². The minimum absolute atomic E-state index is 0.113. The van der Waals surface area contributed by atoms with Crippen LogP contribution < -0.4 is 10.9 Å². The second kappa shape index (κ2) is 7.98. The van der Waals surface area contributed by atoms with Crippen molar-refractivity contribution in [1.29, 1.82) is 0 Å². The number of benzene rings is 3. The SMILES string of the molecule is Cn1c(=O)cc2c3c(c(Nc4cc(Cl)c(S(=O)(=O)O)cc4S(=O)(=O)O)ccc31)C(=O)c1ccccc1-2. The van der Waals surface area contributed by atoms with Crippen molar-refractivity contribution in [2.24, 2.45) is 7.05 Å². The van der Waals surface area contributed by atoms with Gasteiger partial charge in [-0.15, -0.1) is 0 Å². The predicted molar refractivity (Wildman–Crippen MR) is 132 cm³/mol. The molecule has 0 spiro atoms. The second-order valence-electron chi connectivity index (χ2n) is 8.07. The van der Waals surface area contributed by atoms with Crippen LogP contribution in [0.4, 0.5) is 11.4 Å². The summed E-state index contributed by atoms with van der Waals surface area (Å²) in [6.07, 6.45) is 0. The highest BCUT2D eigenvalue weighted by Crippen LogP contribution is 2.43. The van der Waals surface area contributed by atoms with Gasteiger partial charge < -0.3 is 9.88 Å². The van der Waals surface area contributed by atoms with Crippen LogP contribution in [0.2, 0.25) is 5.02 Å². The number of hydrogen-bond donors (Lipinski definition) is 3. The van der Waals surface area contributed by atoms with Gasteiger partial charge in [0.05, 0.1) is 27.5 Å². The molecule has 0 bridgehead atoms. The van der Waals surface area contributed by atoms with E-state index in [2.05, 4.69) is 5.32 Å². The fourth-order valence-electron chi connectivity index (χ4n) is 4.35. The van der Waals surface area contributed by atoms with Gasteiger partial charge in [-0.3, -0.25) is 18.7 Å². The van der Waals surface area contributed by atoms with Crippen molar-refractivity contribution in [2.75, 3.05) is 5.32 Å². The van der Waals surface area contributed by atoms with Gasteiger partial charge in [-0.25, -0.2) is 0 Å². The van der Waals surface area contributed by atoms with Gasteiger partial charge in [0.15, 0.2) is 5.78 Å². The van der Waals surface area contributed by atoms with Crippen LogP contribution in [0.15, 0.2) is 69.2 Å². The summed E-state index contributed by atoms with van der Waals surface area (Å²) >= 11 is 5.98. The van der Waals surface area contributed by atoms with Gasteiger partial charge in [-0.1, -0.05) is 35.9 Å². The van der Waals surface area contributed by atoms with Crippen LogP contribution in [0, 0.1) is 0 Å². The maximum Gasteiger partial charge on any atom is 0.296 e. The van der Waals surface area contributed by atoms with Crippen molar-refractivity contribution in [3.05, 3.63) is 81.1 Å². The van der Waals surface area contributed by atoms with Crippen LogP contribution in [-0.2, 0) is 27.3 Å². The van der Waals surface area contributed by atoms with E-state index >= 15 is 0 Å². The van der Waals surface area contributed by atoms with Gasteiger partial charge in [0.1, 0.15) is 9.79 Å². The van der Waals surface area contributed by atoms with E-state index in [1.54, 1.807) is 37.4 Å². The third-order valence-electron chi connectivity index (χ3n) is 5.96. The minimum Gasteiger partial charge on any atom is -0.354 e. The van der Waals surface area contributed by atoms with Crippen molar-refractivity contribution in [2.45, 2.75) is 9.79 Å². The molecule has 0 unspecified atom stereocenters. The average molecular weight is 547 g/mol. The highest BCUT2D eigenvalue weighted by molar-refractivity contribution is 7.86. The van der Waals surface area contributed by atoms with Crippen LogP contribution in [-0.4, -0.2) is 36.3 Å². The number of nitrogens with one attached hydrogen (secondary N) is 1. The van der Waals surface area contributed by atoms with Crippen molar-refractivity contribution >= 4 is 59.9 Å². The van der Waals surface area contributed by atoms with E-state index < -0.39 is 40.8 Å². The fourth-order valence-corrected chi connectivity index (χ4v) is 6.10.